The number of ether oxygens (including phenoxy) is 2. The monoisotopic (exact) mass is 395 g/mol. The first kappa shape index (κ1) is 21.4. The van der Waals surface area contributed by atoms with E-state index in [-0.39, 0.29) is 18.5 Å². The Balaban J connectivity index is 1.87. The molecular weight excluding hydrogens is 374 g/mol. The van der Waals surface area contributed by atoms with Gasteiger partial charge in [0.1, 0.15) is 12.3 Å². The summed E-state index contributed by atoms with van der Waals surface area (Å²) in [6.45, 7) is -0.710. The fraction of sp³-hybridized carbons (Fsp3) is 0.238. The number of methoxy groups -OCH3 is 1. The number of rotatable bonds is 9. The van der Waals surface area contributed by atoms with Gasteiger partial charge in [-0.15, -0.1) is 0 Å². The second-order valence-electron chi connectivity index (χ2n) is 5.83. The second kappa shape index (κ2) is 11.1. The molecule has 0 atom stereocenters. The van der Waals surface area contributed by atoms with Gasteiger partial charge < -0.3 is 19.7 Å². The minimum Gasteiger partial charge on any atom is -0.496 e. The first-order valence-corrected chi connectivity index (χ1v) is 8.86. The Hall–Kier alpha value is -3.86. The molecule has 8 nitrogen and oxygen atoms in total. The number of hydrogen-bond donors (Lipinski definition) is 1. The minimum absolute atomic E-state index is 0.142. The second-order valence-corrected chi connectivity index (χ2v) is 5.83. The van der Waals surface area contributed by atoms with Crippen LogP contribution in [0.1, 0.15) is 16.8 Å². The molecule has 0 aliphatic carbocycles. The van der Waals surface area contributed by atoms with Crippen molar-refractivity contribution in [1.29, 1.82) is 5.26 Å². The largest absolute Gasteiger partial charge is 0.496 e. The van der Waals surface area contributed by atoms with Gasteiger partial charge in [-0.2, -0.15) is 5.26 Å². The van der Waals surface area contributed by atoms with Gasteiger partial charge in [-0.1, -0.05) is 30.3 Å². The van der Waals surface area contributed by atoms with Crippen molar-refractivity contribution < 1.29 is 23.9 Å². The Kier molecular flexibility index (Phi) is 8.20. The summed E-state index contributed by atoms with van der Waals surface area (Å²) >= 11 is 0. The van der Waals surface area contributed by atoms with E-state index in [9.17, 15) is 14.4 Å². The lowest BCUT2D eigenvalue weighted by Crippen LogP contribution is -2.37. The van der Waals surface area contributed by atoms with Crippen LogP contribution in [0.5, 0.6) is 5.75 Å². The molecule has 0 heterocycles. The molecule has 29 heavy (non-hydrogen) atoms. The van der Waals surface area contributed by atoms with E-state index < -0.39 is 30.9 Å². The molecule has 0 saturated heterocycles. The lowest BCUT2D eigenvalue weighted by atomic mass is 10.2. The molecule has 0 radical (unpaired) electrons. The van der Waals surface area contributed by atoms with Crippen LogP contribution in [-0.4, -0.2) is 44.6 Å². The van der Waals surface area contributed by atoms with Crippen LogP contribution in [0, 0.1) is 11.3 Å². The predicted molar refractivity (Wildman–Crippen MR) is 105 cm³/mol. The Morgan fingerprint density at radius 1 is 1.07 bits per heavy atom. The maximum Gasteiger partial charge on any atom is 0.325 e. The zero-order valence-corrected chi connectivity index (χ0v) is 16.0. The van der Waals surface area contributed by atoms with Crippen LogP contribution in [0.3, 0.4) is 0 Å². The van der Waals surface area contributed by atoms with E-state index in [4.69, 9.17) is 14.7 Å². The van der Waals surface area contributed by atoms with Gasteiger partial charge in [-0.05, 0) is 24.3 Å². The average molecular weight is 395 g/mol. The van der Waals surface area contributed by atoms with Gasteiger partial charge >= 0.3 is 5.97 Å². The predicted octanol–water partition coefficient (Wildman–Crippen LogP) is 1.92. The summed E-state index contributed by atoms with van der Waals surface area (Å²) in [4.78, 5) is 37.9. The Bertz CT molecular complexity index is 893. The van der Waals surface area contributed by atoms with Crippen LogP contribution in [0.4, 0.5) is 5.69 Å². The van der Waals surface area contributed by atoms with Crippen LogP contribution < -0.4 is 15.0 Å². The summed E-state index contributed by atoms with van der Waals surface area (Å²) in [5, 5.41) is 11.2. The highest BCUT2D eigenvalue weighted by Gasteiger charge is 2.18. The molecule has 2 rings (SSSR count). The number of para-hydroxylation sites is 2. The topological polar surface area (TPSA) is 109 Å². The van der Waals surface area contributed by atoms with Crippen molar-refractivity contribution in [3.63, 3.8) is 0 Å². The molecule has 0 aromatic heterocycles. The summed E-state index contributed by atoms with van der Waals surface area (Å²) in [6.07, 6.45) is 0.142. The third-order valence-electron chi connectivity index (χ3n) is 3.92. The summed E-state index contributed by atoms with van der Waals surface area (Å²) in [5.41, 5.74) is 0.888. The lowest BCUT2D eigenvalue weighted by Gasteiger charge is -2.21. The van der Waals surface area contributed by atoms with Gasteiger partial charge in [-0.3, -0.25) is 14.4 Å². The highest BCUT2D eigenvalue weighted by Crippen LogP contribution is 2.17. The van der Waals surface area contributed by atoms with Crippen molar-refractivity contribution >= 4 is 23.5 Å². The molecule has 0 saturated carbocycles. The molecular formula is C21H21N3O5. The van der Waals surface area contributed by atoms with Gasteiger partial charge in [-0.25, -0.2) is 0 Å². The summed E-state index contributed by atoms with van der Waals surface area (Å²) < 4.78 is 10.1. The summed E-state index contributed by atoms with van der Waals surface area (Å²) in [5.74, 6) is -1.33. The molecule has 0 unspecified atom stereocenters. The Morgan fingerprint density at radius 2 is 1.76 bits per heavy atom. The van der Waals surface area contributed by atoms with Gasteiger partial charge in [0.15, 0.2) is 6.61 Å². The summed E-state index contributed by atoms with van der Waals surface area (Å²) in [6, 6.07) is 17.4. The molecule has 8 heteroatoms. The third kappa shape index (κ3) is 6.36. The number of amides is 2. The zero-order chi connectivity index (χ0) is 21.1. The first-order valence-electron chi connectivity index (χ1n) is 8.86. The van der Waals surface area contributed by atoms with Crippen LogP contribution in [0.15, 0.2) is 54.6 Å². The number of nitrogens with zero attached hydrogens (tertiary/aromatic N) is 2. The SMILES string of the molecule is COc1ccccc1C(=O)NCC(=O)OCC(=O)N(CCC#N)c1ccccc1. The highest BCUT2D eigenvalue weighted by molar-refractivity contribution is 5.99. The lowest BCUT2D eigenvalue weighted by molar-refractivity contribution is -0.146. The smallest absolute Gasteiger partial charge is 0.325 e. The van der Waals surface area contributed by atoms with E-state index in [1.165, 1.54) is 12.0 Å². The number of nitriles is 1. The van der Waals surface area contributed by atoms with E-state index in [0.717, 1.165) is 0 Å². The van der Waals surface area contributed by atoms with Crippen molar-refractivity contribution in [2.45, 2.75) is 6.42 Å². The van der Waals surface area contributed by atoms with Crippen LogP contribution in [0.2, 0.25) is 0 Å². The molecule has 2 amide bonds. The number of hydrogen-bond acceptors (Lipinski definition) is 6. The van der Waals surface area contributed by atoms with Gasteiger partial charge in [0.05, 0.1) is 25.2 Å². The average Bonchev–Trinajstić information content (AvgIpc) is 2.76. The van der Waals surface area contributed by atoms with Crippen molar-refractivity contribution in [3.8, 4) is 11.8 Å². The van der Waals surface area contributed by atoms with Gasteiger partial charge in [0.2, 0.25) is 0 Å². The van der Waals surface area contributed by atoms with E-state index in [2.05, 4.69) is 5.32 Å². The minimum atomic E-state index is -0.755. The normalized spacial score (nSPS) is 9.79. The highest BCUT2D eigenvalue weighted by atomic mass is 16.5. The van der Waals surface area contributed by atoms with Gasteiger partial charge in [0.25, 0.3) is 11.8 Å². The number of carbonyl (C=O) groups is 3. The van der Waals surface area contributed by atoms with Gasteiger partial charge in [0, 0.05) is 12.2 Å². The molecule has 0 aliphatic rings. The first-order chi connectivity index (χ1) is 14.1. The molecule has 2 aromatic rings. The maximum atomic E-state index is 12.4. The van der Waals surface area contributed by atoms with E-state index in [1.54, 1.807) is 54.6 Å². The molecule has 0 aliphatic heterocycles. The van der Waals surface area contributed by atoms with Crippen molar-refractivity contribution in [1.82, 2.24) is 5.32 Å². The molecule has 150 valence electrons. The molecule has 0 spiro atoms. The third-order valence-corrected chi connectivity index (χ3v) is 3.92. The molecule has 0 fully saturated rings. The van der Waals surface area contributed by atoms with Crippen LogP contribution in [0.25, 0.3) is 0 Å². The number of esters is 1. The van der Waals surface area contributed by atoms with Crippen LogP contribution >= 0.6 is 0 Å². The van der Waals surface area contributed by atoms with E-state index >= 15 is 0 Å². The van der Waals surface area contributed by atoms with Crippen molar-refractivity contribution in [2.24, 2.45) is 0 Å². The number of carbonyl (C=O) groups excluding carboxylic acids is 3. The number of benzene rings is 2. The Labute approximate surface area is 168 Å². The maximum absolute atomic E-state index is 12.4. The van der Waals surface area contributed by atoms with Crippen molar-refractivity contribution in [2.75, 3.05) is 31.7 Å². The number of anilines is 1. The van der Waals surface area contributed by atoms with Crippen molar-refractivity contribution in [3.05, 3.63) is 60.2 Å². The Morgan fingerprint density at radius 3 is 2.45 bits per heavy atom. The van der Waals surface area contributed by atoms with E-state index in [1.807, 2.05) is 6.07 Å². The molecule has 1 N–H and O–H groups in total. The van der Waals surface area contributed by atoms with E-state index in [0.29, 0.717) is 11.4 Å². The fourth-order valence-corrected chi connectivity index (χ4v) is 2.52. The fourth-order valence-electron chi connectivity index (χ4n) is 2.52. The molecule has 0 bridgehead atoms. The summed E-state index contributed by atoms with van der Waals surface area (Å²) in [7, 11) is 1.44. The molecule has 2 aromatic carbocycles. The number of nitrogens with one attached hydrogen (secondary N) is 1. The quantitative estimate of drug-likeness (QED) is 0.650. The zero-order valence-electron chi connectivity index (χ0n) is 16.0. The van der Waals surface area contributed by atoms with Crippen LogP contribution in [-0.2, 0) is 14.3 Å². The standard InChI is InChI=1S/C21H21N3O5/c1-28-18-11-6-5-10-17(18)21(27)23-14-20(26)29-15-19(25)24(13-7-12-22)16-8-3-2-4-9-16/h2-6,8-11H,7,13-15H2,1H3,(H,23,27).